The quantitative estimate of drug-likeness (QED) is 0.300. The Labute approximate surface area is 213 Å². The van der Waals surface area contributed by atoms with Crippen LogP contribution >= 0.6 is 22.7 Å². The fourth-order valence-electron chi connectivity index (χ4n) is 4.21. The van der Waals surface area contributed by atoms with Gasteiger partial charge < -0.3 is 0 Å². The van der Waals surface area contributed by atoms with Crippen molar-refractivity contribution in [1.29, 1.82) is 0 Å². The first-order valence-electron chi connectivity index (χ1n) is 11.4. The van der Waals surface area contributed by atoms with Gasteiger partial charge in [-0.25, -0.2) is 0 Å². The summed E-state index contributed by atoms with van der Waals surface area (Å²) in [6.07, 6.45) is 0.760. The van der Waals surface area contributed by atoms with E-state index >= 15 is 0 Å². The van der Waals surface area contributed by atoms with Gasteiger partial charge in [-0.2, -0.15) is 19.2 Å². The Bertz CT molecular complexity index is 1660. The zero-order chi connectivity index (χ0) is 23.9. The van der Waals surface area contributed by atoms with Gasteiger partial charge in [0.05, 0.1) is 5.92 Å². The van der Waals surface area contributed by atoms with Crippen molar-refractivity contribution >= 4 is 32.6 Å². The summed E-state index contributed by atoms with van der Waals surface area (Å²) < 4.78 is 3.67. The standard InChI is InChI=1S/C26H18N8S2/c1-4-10-17(11-5-1)16-20(23-31-33-21(27-29-25(33)35-23)18-12-6-2-7-13-18)24-32-34-22(28-30-26(34)36-24)19-14-8-3-9-15-19/h1-15,20H,16H2. The molecule has 0 amide bonds. The van der Waals surface area contributed by atoms with E-state index in [2.05, 4.69) is 44.7 Å². The molecule has 7 rings (SSSR count). The molecule has 36 heavy (non-hydrogen) atoms. The van der Waals surface area contributed by atoms with Crippen LogP contribution < -0.4 is 0 Å². The average Bonchev–Trinajstić information content (AvgIpc) is 3.70. The molecule has 174 valence electrons. The first-order chi connectivity index (χ1) is 17.8. The summed E-state index contributed by atoms with van der Waals surface area (Å²) in [4.78, 5) is 1.52. The predicted molar refractivity (Wildman–Crippen MR) is 140 cm³/mol. The first-order valence-corrected chi connectivity index (χ1v) is 13.1. The van der Waals surface area contributed by atoms with Gasteiger partial charge in [-0.3, -0.25) is 0 Å². The summed E-state index contributed by atoms with van der Waals surface area (Å²) in [5.74, 6) is 1.41. The third-order valence-electron chi connectivity index (χ3n) is 5.96. The third-order valence-corrected chi connectivity index (χ3v) is 7.98. The van der Waals surface area contributed by atoms with Crippen LogP contribution in [0.5, 0.6) is 0 Å². The van der Waals surface area contributed by atoms with Crippen LogP contribution in [0.1, 0.15) is 21.5 Å². The highest BCUT2D eigenvalue weighted by atomic mass is 32.1. The molecule has 0 spiro atoms. The Morgan fingerprint density at radius 3 is 1.47 bits per heavy atom. The van der Waals surface area contributed by atoms with E-state index in [9.17, 15) is 0 Å². The monoisotopic (exact) mass is 506 g/mol. The van der Waals surface area contributed by atoms with Crippen molar-refractivity contribution in [2.45, 2.75) is 12.3 Å². The van der Waals surface area contributed by atoms with Gasteiger partial charge in [0.15, 0.2) is 11.6 Å². The van der Waals surface area contributed by atoms with Crippen molar-refractivity contribution in [1.82, 2.24) is 39.6 Å². The van der Waals surface area contributed by atoms with Crippen molar-refractivity contribution < 1.29 is 0 Å². The molecule has 0 atom stereocenters. The molecule has 0 bridgehead atoms. The van der Waals surface area contributed by atoms with Crippen molar-refractivity contribution in [2.24, 2.45) is 0 Å². The van der Waals surface area contributed by atoms with Gasteiger partial charge in [-0.15, -0.1) is 20.4 Å². The number of nitrogens with zero attached hydrogens (tertiary/aromatic N) is 8. The van der Waals surface area contributed by atoms with Crippen LogP contribution in [-0.4, -0.2) is 39.6 Å². The maximum Gasteiger partial charge on any atom is 0.234 e. The zero-order valence-electron chi connectivity index (χ0n) is 18.8. The van der Waals surface area contributed by atoms with E-state index in [0.717, 1.165) is 49.1 Å². The Hall–Kier alpha value is -4.28. The second-order valence-electron chi connectivity index (χ2n) is 8.29. The number of rotatable bonds is 6. The summed E-state index contributed by atoms with van der Waals surface area (Å²) in [6.45, 7) is 0. The highest BCUT2D eigenvalue weighted by Gasteiger charge is 2.27. The van der Waals surface area contributed by atoms with Gasteiger partial charge in [-0.05, 0) is 12.0 Å². The topological polar surface area (TPSA) is 86.2 Å². The van der Waals surface area contributed by atoms with Crippen molar-refractivity contribution in [3.63, 3.8) is 0 Å². The normalized spacial score (nSPS) is 11.7. The number of benzene rings is 3. The molecule has 0 unspecified atom stereocenters. The Balaban J connectivity index is 1.34. The van der Waals surface area contributed by atoms with Gasteiger partial charge in [0.1, 0.15) is 10.0 Å². The Morgan fingerprint density at radius 1 is 0.556 bits per heavy atom. The molecule has 0 saturated carbocycles. The smallest absolute Gasteiger partial charge is 0.183 e. The maximum absolute atomic E-state index is 4.99. The van der Waals surface area contributed by atoms with Crippen LogP contribution in [0.3, 0.4) is 0 Å². The highest BCUT2D eigenvalue weighted by molar-refractivity contribution is 7.18. The lowest BCUT2D eigenvalue weighted by Gasteiger charge is -2.11. The van der Waals surface area contributed by atoms with Crippen LogP contribution in [-0.2, 0) is 6.42 Å². The summed E-state index contributed by atoms with van der Waals surface area (Å²) in [7, 11) is 0. The van der Waals surface area contributed by atoms with E-state index in [1.165, 1.54) is 5.56 Å². The number of hydrogen-bond acceptors (Lipinski definition) is 8. The summed E-state index contributed by atoms with van der Waals surface area (Å²) in [5, 5.41) is 29.4. The number of hydrogen-bond donors (Lipinski definition) is 0. The van der Waals surface area contributed by atoms with Crippen LogP contribution in [0.25, 0.3) is 32.7 Å². The summed E-state index contributed by atoms with van der Waals surface area (Å²) in [6, 6.07) is 30.4. The van der Waals surface area contributed by atoms with Crippen LogP contribution in [0, 0.1) is 0 Å². The fraction of sp³-hybridized carbons (Fsp3) is 0.0769. The van der Waals surface area contributed by atoms with Crippen LogP contribution in [0.15, 0.2) is 91.0 Å². The second-order valence-corrected chi connectivity index (χ2v) is 10.3. The molecule has 0 aliphatic carbocycles. The average molecular weight is 507 g/mol. The fourth-order valence-corrected chi connectivity index (χ4v) is 6.17. The summed E-state index contributed by atoms with van der Waals surface area (Å²) in [5.41, 5.74) is 3.17. The van der Waals surface area contributed by atoms with Gasteiger partial charge in [-0.1, -0.05) is 114 Å². The zero-order valence-corrected chi connectivity index (χ0v) is 20.5. The molecule has 0 fully saturated rings. The van der Waals surface area contributed by atoms with Crippen molar-refractivity contribution in [3.05, 3.63) is 107 Å². The van der Waals surface area contributed by atoms with E-state index < -0.39 is 0 Å². The minimum Gasteiger partial charge on any atom is -0.183 e. The molecule has 8 nitrogen and oxygen atoms in total. The molecule has 4 heterocycles. The molecule has 0 saturated heterocycles. The first kappa shape index (κ1) is 21.0. The molecule has 0 N–H and O–H groups in total. The Morgan fingerprint density at radius 2 is 1.00 bits per heavy atom. The minimum atomic E-state index is -0.0574. The number of aromatic nitrogens is 8. The Kier molecular flexibility index (Phi) is 5.11. The van der Waals surface area contributed by atoms with E-state index in [4.69, 9.17) is 10.2 Å². The van der Waals surface area contributed by atoms with E-state index in [1.54, 1.807) is 22.7 Å². The molecule has 0 aliphatic heterocycles. The van der Waals surface area contributed by atoms with Gasteiger partial charge in [0, 0.05) is 11.1 Å². The highest BCUT2D eigenvalue weighted by Crippen LogP contribution is 2.35. The van der Waals surface area contributed by atoms with Gasteiger partial charge in [0.2, 0.25) is 9.92 Å². The molecule has 3 aromatic carbocycles. The molecular weight excluding hydrogens is 488 g/mol. The van der Waals surface area contributed by atoms with E-state index in [1.807, 2.05) is 75.8 Å². The van der Waals surface area contributed by atoms with E-state index in [-0.39, 0.29) is 5.92 Å². The lowest BCUT2D eigenvalue weighted by atomic mass is 10.0. The van der Waals surface area contributed by atoms with Crippen molar-refractivity contribution in [3.8, 4) is 22.8 Å². The lowest BCUT2D eigenvalue weighted by molar-refractivity contribution is 0.737. The largest absolute Gasteiger partial charge is 0.234 e. The molecule has 10 heteroatoms. The lowest BCUT2D eigenvalue weighted by Crippen LogP contribution is -2.07. The molecular formula is C26H18N8S2. The molecule has 4 aromatic heterocycles. The van der Waals surface area contributed by atoms with E-state index in [0.29, 0.717) is 0 Å². The SMILES string of the molecule is c1ccc(CC(c2nn3c(-c4ccccc4)nnc3s2)c2nn3c(-c4ccccc4)nnc3s2)cc1. The second kappa shape index (κ2) is 8.74. The van der Waals surface area contributed by atoms with Crippen LogP contribution in [0.2, 0.25) is 0 Å². The summed E-state index contributed by atoms with van der Waals surface area (Å²) >= 11 is 3.10. The van der Waals surface area contributed by atoms with Crippen molar-refractivity contribution in [2.75, 3.05) is 0 Å². The minimum absolute atomic E-state index is 0.0574. The third kappa shape index (κ3) is 3.67. The number of fused-ring (bicyclic) bond motifs is 2. The van der Waals surface area contributed by atoms with Crippen LogP contribution in [0.4, 0.5) is 0 Å². The van der Waals surface area contributed by atoms with Gasteiger partial charge in [0.25, 0.3) is 0 Å². The predicted octanol–water partition coefficient (Wildman–Crippen LogP) is 5.39. The molecule has 7 aromatic rings. The molecule has 0 aliphatic rings. The molecule has 0 radical (unpaired) electrons. The maximum atomic E-state index is 4.99. The van der Waals surface area contributed by atoms with Gasteiger partial charge >= 0.3 is 0 Å².